The van der Waals surface area contributed by atoms with Crippen LogP contribution in [0.1, 0.15) is 53.3 Å². The number of aromatic nitrogens is 1. The van der Waals surface area contributed by atoms with Gasteiger partial charge in [-0.3, -0.25) is 9.59 Å². The molecular weight excluding hydrogens is 202 g/mol. The maximum Gasteiger partial charge on any atom is 0.261 e. The standard InChI is InChI=1S/C13H15NO2/c15-8-10-7-9-3-1-2-4-12(9)14(13(10)16)11-5-6-11/h7-8,11H,1-6H2. The van der Waals surface area contributed by atoms with Gasteiger partial charge in [0.15, 0.2) is 6.29 Å². The zero-order valence-electron chi connectivity index (χ0n) is 9.24. The molecule has 1 heterocycles. The predicted octanol–water partition coefficient (Wildman–Crippen LogP) is 1.87. The molecule has 1 aromatic rings. The van der Waals surface area contributed by atoms with Crippen LogP contribution in [-0.4, -0.2) is 10.9 Å². The molecule has 0 unspecified atom stereocenters. The van der Waals surface area contributed by atoms with Gasteiger partial charge in [0.05, 0.1) is 5.56 Å². The highest BCUT2D eigenvalue weighted by Crippen LogP contribution is 2.36. The van der Waals surface area contributed by atoms with E-state index in [1.807, 2.05) is 10.6 Å². The molecule has 1 fully saturated rings. The number of carbonyl (C=O) groups excluding carboxylic acids is 1. The summed E-state index contributed by atoms with van der Waals surface area (Å²) in [7, 11) is 0. The number of aldehydes is 1. The van der Waals surface area contributed by atoms with Crippen LogP contribution in [0.5, 0.6) is 0 Å². The lowest BCUT2D eigenvalue weighted by atomic mass is 9.94. The van der Waals surface area contributed by atoms with Gasteiger partial charge in [-0.05, 0) is 50.2 Å². The predicted molar refractivity (Wildman–Crippen MR) is 61.0 cm³/mol. The van der Waals surface area contributed by atoms with Crippen LogP contribution in [0.3, 0.4) is 0 Å². The van der Waals surface area contributed by atoms with E-state index in [4.69, 9.17) is 0 Å². The van der Waals surface area contributed by atoms with E-state index in [-0.39, 0.29) is 5.56 Å². The first-order valence-corrected chi connectivity index (χ1v) is 6.03. The molecule has 2 aliphatic rings. The average molecular weight is 217 g/mol. The van der Waals surface area contributed by atoms with Crippen molar-refractivity contribution in [2.24, 2.45) is 0 Å². The largest absolute Gasteiger partial charge is 0.309 e. The number of aryl methyl sites for hydroxylation is 1. The van der Waals surface area contributed by atoms with Crippen LogP contribution in [0.2, 0.25) is 0 Å². The molecule has 0 aromatic carbocycles. The minimum atomic E-state index is -0.0712. The van der Waals surface area contributed by atoms with E-state index in [1.54, 1.807) is 0 Å². The molecule has 0 atom stereocenters. The first-order valence-electron chi connectivity index (χ1n) is 6.03. The third-order valence-electron chi connectivity index (χ3n) is 3.61. The highest BCUT2D eigenvalue weighted by molar-refractivity contribution is 5.74. The molecule has 1 saturated carbocycles. The lowest BCUT2D eigenvalue weighted by molar-refractivity contribution is 0.112. The van der Waals surface area contributed by atoms with E-state index >= 15 is 0 Å². The fourth-order valence-electron chi connectivity index (χ4n) is 2.66. The van der Waals surface area contributed by atoms with Crippen LogP contribution in [0, 0.1) is 0 Å². The van der Waals surface area contributed by atoms with Crippen molar-refractivity contribution in [2.45, 2.75) is 44.6 Å². The Morgan fingerprint density at radius 2 is 2.00 bits per heavy atom. The molecule has 1 aromatic heterocycles. The van der Waals surface area contributed by atoms with Gasteiger partial charge < -0.3 is 4.57 Å². The summed E-state index contributed by atoms with van der Waals surface area (Å²) in [5.41, 5.74) is 2.69. The highest BCUT2D eigenvalue weighted by Gasteiger charge is 2.29. The second-order valence-electron chi connectivity index (χ2n) is 4.80. The molecule has 2 aliphatic carbocycles. The van der Waals surface area contributed by atoms with Gasteiger partial charge in [0, 0.05) is 11.7 Å². The van der Waals surface area contributed by atoms with Crippen LogP contribution in [0.25, 0.3) is 0 Å². The second kappa shape index (κ2) is 3.58. The van der Waals surface area contributed by atoms with Crippen molar-refractivity contribution in [3.05, 3.63) is 33.2 Å². The number of hydrogen-bond acceptors (Lipinski definition) is 2. The highest BCUT2D eigenvalue weighted by atomic mass is 16.1. The Labute approximate surface area is 94.1 Å². The fraction of sp³-hybridized carbons (Fsp3) is 0.538. The smallest absolute Gasteiger partial charge is 0.261 e. The molecular formula is C13H15NO2. The molecule has 0 saturated heterocycles. The van der Waals surface area contributed by atoms with E-state index in [9.17, 15) is 9.59 Å². The summed E-state index contributed by atoms with van der Waals surface area (Å²) >= 11 is 0. The van der Waals surface area contributed by atoms with Gasteiger partial charge in [-0.1, -0.05) is 0 Å². The average Bonchev–Trinajstić information content (AvgIpc) is 3.12. The van der Waals surface area contributed by atoms with Gasteiger partial charge in [-0.2, -0.15) is 0 Å². The third kappa shape index (κ3) is 1.42. The Morgan fingerprint density at radius 1 is 1.25 bits per heavy atom. The number of hydrogen-bond donors (Lipinski definition) is 0. The molecule has 3 rings (SSSR count). The van der Waals surface area contributed by atoms with Crippen LogP contribution < -0.4 is 5.56 Å². The summed E-state index contributed by atoms with van der Waals surface area (Å²) in [5, 5.41) is 0. The van der Waals surface area contributed by atoms with Crippen LogP contribution in [0.15, 0.2) is 10.9 Å². The Morgan fingerprint density at radius 3 is 2.69 bits per heavy atom. The summed E-state index contributed by atoms with van der Waals surface area (Å²) in [6.45, 7) is 0. The Bertz CT molecular complexity index is 497. The molecule has 0 spiro atoms. The molecule has 3 heteroatoms. The van der Waals surface area contributed by atoms with Crippen molar-refractivity contribution < 1.29 is 4.79 Å². The zero-order chi connectivity index (χ0) is 11.1. The first kappa shape index (κ1) is 9.82. The lowest BCUT2D eigenvalue weighted by Gasteiger charge is -2.21. The fourth-order valence-corrected chi connectivity index (χ4v) is 2.66. The van der Waals surface area contributed by atoms with Crippen molar-refractivity contribution in [3.63, 3.8) is 0 Å². The van der Waals surface area contributed by atoms with Gasteiger partial charge >= 0.3 is 0 Å². The summed E-state index contributed by atoms with van der Waals surface area (Å²) < 4.78 is 1.90. The van der Waals surface area contributed by atoms with E-state index in [2.05, 4.69) is 0 Å². The summed E-state index contributed by atoms with van der Waals surface area (Å²) in [5.74, 6) is 0. The van der Waals surface area contributed by atoms with Crippen molar-refractivity contribution in [3.8, 4) is 0 Å². The topological polar surface area (TPSA) is 39.1 Å². The van der Waals surface area contributed by atoms with Crippen molar-refractivity contribution in [1.82, 2.24) is 4.57 Å². The monoisotopic (exact) mass is 217 g/mol. The first-order chi connectivity index (χ1) is 7.81. The van der Waals surface area contributed by atoms with E-state index in [1.165, 1.54) is 24.1 Å². The zero-order valence-corrected chi connectivity index (χ0v) is 9.24. The number of pyridine rings is 1. The van der Waals surface area contributed by atoms with Gasteiger partial charge in [0.1, 0.15) is 0 Å². The van der Waals surface area contributed by atoms with Crippen LogP contribution in [0.4, 0.5) is 0 Å². The Hall–Kier alpha value is -1.38. The molecule has 0 bridgehead atoms. The summed E-state index contributed by atoms with van der Waals surface area (Å²) in [4.78, 5) is 23.0. The van der Waals surface area contributed by atoms with E-state index < -0.39 is 0 Å². The maximum absolute atomic E-state index is 12.1. The molecule has 16 heavy (non-hydrogen) atoms. The van der Waals surface area contributed by atoms with Crippen molar-refractivity contribution in [1.29, 1.82) is 0 Å². The van der Waals surface area contributed by atoms with Gasteiger partial charge in [-0.25, -0.2) is 0 Å². The minimum absolute atomic E-state index is 0.0712. The maximum atomic E-state index is 12.1. The Kier molecular flexibility index (Phi) is 2.20. The number of carbonyl (C=O) groups is 1. The van der Waals surface area contributed by atoms with E-state index in [0.29, 0.717) is 17.9 Å². The number of rotatable bonds is 2. The van der Waals surface area contributed by atoms with Crippen LogP contribution >= 0.6 is 0 Å². The Balaban J connectivity index is 2.25. The number of fused-ring (bicyclic) bond motifs is 1. The normalized spacial score (nSPS) is 19.2. The van der Waals surface area contributed by atoms with Gasteiger partial charge in [0.25, 0.3) is 5.56 Å². The van der Waals surface area contributed by atoms with E-state index in [0.717, 1.165) is 25.7 Å². The number of nitrogens with zero attached hydrogens (tertiary/aromatic N) is 1. The second-order valence-corrected chi connectivity index (χ2v) is 4.80. The third-order valence-corrected chi connectivity index (χ3v) is 3.61. The molecule has 3 nitrogen and oxygen atoms in total. The SMILES string of the molecule is O=Cc1cc2c(n(C3CC3)c1=O)CCCC2. The molecule has 0 aliphatic heterocycles. The lowest BCUT2D eigenvalue weighted by Crippen LogP contribution is -2.28. The molecule has 0 N–H and O–H groups in total. The van der Waals surface area contributed by atoms with Crippen molar-refractivity contribution >= 4 is 6.29 Å². The van der Waals surface area contributed by atoms with Gasteiger partial charge in [-0.15, -0.1) is 0 Å². The van der Waals surface area contributed by atoms with Crippen molar-refractivity contribution in [2.75, 3.05) is 0 Å². The molecule has 84 valence electrons. The molecule has 0 radical (unpaired) electrons. The van der Waals surface area contributed by atoms with Gasteiger partial charge in [0.2, 0.25) is 0 Å². The summed E-state index contributed by atoms with van der Waals surface area (Å²) in [6.07, 6.45) is 7.25. The molecule has 0 amide bonds. The summed E-state index contributed by atoms with van der Waals surface area (Å²) in [6, 6.07) is 2.18. The quantitative estimate of drug-likeness (QED) is 0.709. The van der Waals surface area contributed by atoms with Crippen LogP contribution in [-0.2, 0) is 12.8 Å². The minimum Gasteiger partial charge on any atom is -0.309 e.